The second-order valence-corrected chi connectivity index (χ2v) is 8.73. The van der Waals surface area contributed by atoms with Gasteiger partial charge in [-0.2, -0.15) is 4.31 Å². The lowest BCUT2D eigenvalue weighted by Gasteiger charge is -2.30. The van der Waals surface area contributed by atoms with Gasteiger partial charge in [-0.15, -0.1) is 0 Å². The van der Waals surface area contributed by atoms with E-state index < -0.39 is 38.6 Å². The molecule has 0 aliphatic heterocycles. The number of carboxylic acid groups (broad SMARTS) is 1. The molecule has 0 radical (unpaired) electrons. The van der Waals surface area contributed by atoms with E-state index in [4.69, 9.17) is 11.6 Å². The first-order valence-electron chi connectivity index (χ1n) is 8.28. The first kappa shape index (κ1) is 21.8. The van der Waals surface area contributed by atoms with E-state index in [1.54, 1.807) is 44.2 Å². The summed E-state index contributed by atoms with van der Waals surface area (Å²) in [5.41, 5.74) is 0.167. The minimum Gasteiger partial charge on any atom is -0.480 e. The van der Waals surface area contributed by atoms with Crippen molar-refractivity contribution in [3.63, 3.8) is 0 Å². The Labute approximate surface area is 167 Å². The molecule has 2 aromatic rings. The van der Waals surface area contributed by atoms with Gasteiger partial charge in [0.1, 0.15) is 11.1 Å². The molecule has 1 atom stereocenters. The molecule has 0 spiro atoms. The number of hydrogen-bond donors (Lipinski definition) is 1. The van der Waals surface area contributed by atoms with Gasteiger partial charge >= 0.3 is 5.97 Å². The number of aliphatic carboxylic acids is 1. The highest BCUT2D eigenvalue weighted by Gasteiger charge is 2.38. The van der Waals surface area contributed by atoms with Crippen molar-refractivity contribution in [3.05, 3.63) is 69.2 Å². The Kier molecular flexibility index (Phi) is 6.76. The third-order valence-electron chi connectivity index (χ3n) is 4.10. The lowest BCUT2D eigenvalue weighted by atomic mass is 10.0. The Morgan fingerprint density at radius 2 is 1.82 bits per heavy atom. The molecule has 0 unspecified atom stereocenters. The largest absolute Gasteiger partial charge is 0.480 e. The molecule has 2 rings (SSSR count). The van der Waals surface area contributed by atoms with Gasteiger partial charge in [0.05, 0.1) is 9.82 Å². The summed E-state index contributed by atoms with van der Waals surface area (Å²) in [6.07, 6.45) is 0. The third-order valence-corrected chi connectivity index (χ3v) is 6.22. The second kappa shape index (κ2) is 8.68. The van der Waals surface area contributed by atoms with E-state index in [1.165, 1.54) is 0 Å². The van der Waals surface area contributed by atoms with Crippen LogP contribution in [0.2, 0.25) is 5.02 Å². The van der Waals surface area contributed by atoms with E-state index in [9.17, 15) is 28.4 Å². The van der Waals surface area contributed by atoms with Crippen LogP contribution in [-0.2, 0) is 21.4 Å². The first-order valence-corrected chi connectivity index (χ1v) is 10.1. The van der Waals surface area contributed by atoms with Gasteiger partial charge in [-0.3, -0.25) is 14.9 Å². The van der Waals surface area contributed by atoms with Gasteiger partial charge < -0.3 is 5.11 Å². The summed E-state index contributed by atoms with van der Waals surface area (Å²) in [5, 5.41) is 20.2. The molecule has 1 N–H and O–H groups in total. The molecule has 8 nitrogen and oxygen atoms in total. The van der Waals surface area contributed by atoms with Crippen molar-refractivity contribution >= 4 is 33.3 Å². The number of nitro groups is 1. The lowest BCUT2D eigenvalue weighted by Crippen LogP contribution is -2.47. The van der Waals surface area contributed by atoms with Crippen LogP contribution in [0.3, 0.4) is 0 Å². The van der Waals surface area contributed by atoms with Crippen LogP contribution in [0.25, 0.3) is 0 Å². The first-order chi connectivity index (χ1) is 13.1. The van der Waals surface area contributed by atoms with Crippen molar-refractivity contribution in [1.82, 2.24) is 4.31 Å². The van der Waals surface area contributed by atoms with E-state index >= 15 is 0 Å². The van der Waals surface area contributed by atoms with E-state index in [-0.39, 0.29) is 16.5 Å². The van der Waals surface area contributed by atoms with Crippen molar-refractivity contribution in [2.75, 3.05) is 0 Å². The molecule has 0 heterocycles. The minimum atomic E-state index is -4.31. The number of nitrogens with zero attached hydrogens (tertiary/aromatic N) is 2. The fraction of sp³-hybridized carbons (Fsp3) is 0.278. The zero-order valence-electron chi connectivity index (χ0n) is 15.1. The third kappa shape index (κ3) is 4.67. The van der Waals surface area contributed by atoms with Gasteiger partial charge in [-0.05, 0) is 23.6 Å². The average molecular weight is 427 g/mol. The molecule has 10 heteroatoms. The maximum Gasteiger partial charge on any atom is 0.322 e. The zero-order valence-corrected chi connectivity index (χ0v) is 16.7. The molecule has 0 amide bonds. The molecule has 0 saturated carbocycles. The summed E-state index contributed by atoms with van der Waals surface area (Å²) in [4.78, 5) is 21.7. The van der Waals surface area contributed by atoms with Gasteiger partial charge in [-0.25, -0.2) is 8.42 Å². The Bertz CT molecular complexity index is 979. The zero-order chi connectivity index (χ0) is 21.1. The predicted octanol–water partition coefficient (Wildman–Crippen LogP) is 3.55. The molecule has 0 bridgehead atoms. The number of carbonyl (C=O) groups is 1. The topological polar surface area (TPSA) is 118 Å². The van der Waals surface area contributed by atoms with Crippen LogP contribution < -0.4 is 0 Å². The summed E-state index contributed by atoms with van der Waals surface area (Å²) in [6.45, 7) is 3.04. The average Bonchev–Trinajstić information content (AvgIpc) is 2.61. The Morgan fingerprint density at radius 3 is 2.29 bits per heavy atom. The highest BCUT2D eigenvalue weighted by Crippen LogP contribution is 2.30. The number of halogens is 1. The van der Waals surface area contributed by atoms with Crippen LogP contribution in [0.4, 0.5) is 5.69 Å². The number of carboxylic acids is 1. The van der Waals surface area contributed by atoms with Gasteiger partial charge in [0.25, 0.3) is 5.69 Å². The van der Waals surface area contributed by atoms with Crippen LogP contribution in [0.5, 0.6) is 0 Å². The van der Waals surface area contributed by atoms with Crippen molar-refractivity contribution in [2.45, 2.75) is 31.3 Å². The van der Waals surface area contributed by atoms with Crippen molar-refractivity contribution in [2.24, 2.45) is 5.92 Å². The summed E-state index contributed by atoms with van der Waals surface area (Å²) >= 11 is 5.86. The number of sulfonamides is 1. The standard InChI is InChI=1S/C18H19ClN2O6S/c1-12(2)17(18(22)23)20(11-13-6-4-3-5-7-13)28(26,27)14-8-9-16(21(24)25)15(19)10-14/h3-10,12,17H,11H2,1-2H3,(H,22,23)/t17-/m0/s1. The SMILES string of the molecule is CC(C)[C@@H](C(=O)O)N(Cc1ccccc1)S(=O)(=O)c1ccc([N+](=O)[O-])c(Cl)c1. The predicted molar refractivity (Wildman–Crippen MR) is 104 cm³/mol. The Hall–Kier alpha value is -2.49. The summed E-state index contributed by atoms with van der Waals surface area (Å²) in [6, 6.07) is 10.2. The highest BCUT2D eigenvalue weighted by atomic mass is 35.5. The van der Waals surface area contributed by atoms with Crippen LogP contribution in [0.1, 0.15) is 19.4 Å². The van der Waals surface area contributed by atoms with Gasteiger partial charge in [0.15, 0.2) is 0 Å². The van der Waals surface area contributed by atoms with E-state index in [0.717, 1.165) is 22.5 Å². The van der Waals surface area contributed by atoms with E-state index in [0.29, 0.717) is 5.56 Å². The summed E-state index contributed by atoms with van der Waals surface area (Å²) in [5.74, 6) is -1.81. The summed E-state index contributed by atoms with van der Waals surface area (Å²) < 4.78 is 27.4. The molecular weight excluding hydrogens is 408 g/mol. The monoisotopic (exact) mass is 426 g/mol. The fourth-order valence-corrected chi connectivity index (χ4v) is 4.81. The highest BCUT2D eigenvalue weighted by molar-refractivity contribution is 7.89. The molecule has 0 aromatic heterocycles. The van der Waals surface area contributed by atoms with E-state index in [1.807, 2.05) is 0 Å². The van der Waals surface area contributed by atoms with Crippen LogP contribution in [0.15, 0.2) is 53.4 Å². The van der Waals surface area contributed by atoms with E-state index in [2.05, 4.69) is 0 Å². The number of hydrogen-bond acceptors (Lipinski definition) is 5. The molecule has 0 saturated heterocycles. The molecule has 0 aliphatic carbocycles. The lowest BCUT2D eigenvalue weighted by molar-refractivity contribution is -0.384. The molecular formula is C18H19ClN2O6S. The Morgan fingerprint density at radius 1 is 1.21 bits per heavy atom. The maximum absolute atomic E-state index is 13.3. The molecule has 28 heavy (non-hydrogen) atoms. The molecule has 0 aliphatic rings. The fourth-order valence-electron chi connectivity index (χ4n) is 2.77. The minimum absolute atomic E-state index is 0.174. The quantitative estimate of drug-likeness (QED) is 0.509. The van der Waals surface area contributed by atoms with Crippen molar-refractivity contribution in [1.29, 1.82) is 0 Å². The van der Waals surface area contributed by atoms with Crippen LogP contribution >= 0.6 is 11.6 Å². The van der Waals surface area contributed by atoms with Crippen LogP contribution in [-0.4, -0.2) is 34.8 Å². The van der Waals surface area contributed by atoms with Crippen molar-refractivity contribution < 1.29 is 23.2 Å². The molecule has 150 valence electrons. The summed E-state index contributed by atoms with van der Waals surface area (Å²) in [7, 11) is -4.31. The van der Waals surface area contributed by atoms with Gasteiger partial charge in [0.2, 0.25) is 10.0 Å². The molecule has 2 aromatic carbocycles. The van der Waals surface area contributed by atoms with Crippen LogP contribution in [0, 0.1) is 16.0 Å². The Balaban J connectivity index is 2.58. The molecule has 0 fully saturated rings. The van der Waals surface area contributed by atoms with Crippen molar-refractivity contribution in [3.8, 4) is 0 Å². The number of nitro benzene ring substituents is 1. The van der Waals surface area contributed by atoms with Gasteiger partial charge in [-0.1, -0.05) is 55.8 Å². The normalized spacial score (nSPS) is 12.9. The van der Waals surface area contributed by atoms with Gasteiger partial charge in [0, 0.05) is 12.6 Å². The maximum atomic E-state index is 13.3. The smallest absolute Gasteiger partial charge is 0.322 e. The number of benzene rings is 2. The second-order valence-electron chi connectivity index (χ2n) is 6.43. The number of rotatable bonds is 8.